The lowest BCUT2D eigenvalue weighted by Gasteiger charge is -2.21. The Morgan fingerprint density at radius 1 is 0.931 bits per heavy atom. The molecule has 0 saturated carbocycles. The van der Waals surface area contributed by atoms with Crippen LogP contribution in [0.5, 0.6) is 0 Å². The number of benzene rings is 2. The van der Waals surface area contributed by atoms with Crippen molar-refractivity contribution in [3.8, 4) is 11.3 Å². The molecule has 0 amide bonds. The van der Waals surface area contributed by atoms with Crippen LogP contribution in [-0.2, 0) is 12.8 Å². The van der Waals surface area contributed by atoms with Gasteiger partial charge in [0.05, 0.1) is 11.2 Å². The Hall–Kier alpha value is -2.39. The van der Waals surface area contributed by atoms with Gasteiger partial charge in [-0.1, -0.05) is 43.3 Å². The molecule has 0 atom stereocenters. The van der Waals surface area contributed by atoms with Crippen molar-refractivity contribution in [2.75, 3.05) is 38.6 Å². The minimum Gasteiger partial charge on any atom is -0.371 e. The Bertz CT molecular complexity index is 954. The number of aryl methyl sites for hydroxylation is 2. The molecule has 0 aliphatic carbocycles. The largest absolute Gasteiger partial charge is 0.371 e. The van der Waals surface area contributed by atoms with Crippen LogP contribution in [0, 0.1) is 0 Å². The molecule has 1 saturated heterocycles. The minimum atomic E-state index is 1.04. The summed E-state index contributed by atoms with van der Waals surface area (Å²) < 4.78 is 0. The van der Waals surface area contributed by atoms with Crippen LogP contribution in [0.3, 0.4) is 0 Å². The SMILES string of the molecule is CCc1ccc2c(N3CCCC3)cc(-c3ccc(CCCN(C)C)cc3)nc2c1. The molecule has 152 valence electrons. The standard InChI is InChI=1S/C26H33N3/c1-4-20-11-14-23-25(18-20)27-24(19-26(23)29-16-5-6-17-29)22-12-9-21(10-13-22)8-7-15-28(2)3/h9-14,18-19H,4-8,15-17H2,1-3H3. The smallest absolute Gasteiger partial charge is 0.0733 e. The third kappa shape index (κ3) is 4.62. The van der Waals surface area contributed by atoms with Gasteiger partial charge in [0.1, 0.15) is 0 Å². The topological polar surface area (TPSA) is 19.4 Å². The van der Waals surface area contributed by atoms with Gasteiger partial charge in [-0.25, -0.2) is 4.98 Å². The molecular weight excluding hydrogens is 354 g/mol. The number of pyridine rings is 1. The Labute approximate surface area is 175 Å². The lowest BCUT2D eigenvalue weighted by molar-refractivity contribution is 0.400. The molecule has 0 unspecified atom stereocenters. The summed E-state index contributed by atoms with van der Waals surface area (Å²) >= 11 is 0. The van der Waals surface area contributed by atoms with Crippen LogP contribution in [0.15, 0.2) is 48.5 Å². The lowest BCUT2D eigenvalue weighted by Crippen LogP contribution is -2.18. The molecule has 0 N–H and O–H groups in total. The summed E-state index contributed by atoms with van der Waals surface area (Å²) in [4.78, 5) is 9.85. The van der Waals surface area contributed by atoms with Crippen molar-refractivity contribution < 1.29 is 0 Å². The minimum absolute atomic E-state index is 1.04. The van der Waals surface area contributed by atoms with Crippen LogP contribution >= 0.6 is 0 Å². The average molecular weight is 388 g/mol. The molecule has 3 nitrogen and oxygen atoms in total. The van der Waals surface area contributed by atoms with Crippen molar-refractivity contribution >= 4 is 16.6 Å². The van der Waals surface area contributed by atoms with Crippen molar-refractivity contribution in [1.82, 2.24) is 9.88 Å². The fourth-order valence-electron chi connectivity index (χ4n) is 4.28. The van der Waals surface area contributed by atoms with Gasteiger partial charge >= 0.3 is 0 Å². The molecule has 29 heavy (non-hydrogen) atoms. The summed E-state index contributed by atoms with van der Waals surface area (Å²) in [6, 6.07) is 18.1. The Balaban J connectivity index is 1.67. The highest BCUT2D eigenvalue weighted by Crippen LogP contribution is 2.33. The fraction of sp³-hybridized carbons (Fsp3) is 0.423. The Morgan fingerprint density at radius 2 is 1.66 bits per heavy atom. The van der Waals surface area contributed by atoms with E-state index in [4.69, 9.17) is 4.98 Å². The van der Waals surface area contributed by atoms with E-state index < -0.39 is 0 Å². The lowest BCUT2D eigenvalue weighted by atomic mass is 10.0. The van der Waals surface area contributed by atoms with Crippen molar-refractivity contribution in [2.45, 2.75) is 39.0 Å². The summed E-state index contributed by atoms with van der Waals surface area (Å²) in [6.07, 6.45) is 5.94. The van der Waals surface area contributed by atoms with Crippen molar-refractivity contribution in [3.63, 3.8) is 0 Å². The van der Waals surface area contributed by atoms with Gasteiger partial charge in [0.25, 0.3) is 0 Å². The molecule has 2 aromatic carbocycles. The molecule has 2 heterocycles. The van der Waals surface area contributed by atoms with Gasteiger partial charge in [0.2, 0.25) is 0 Å². The van der Waals surface area contributed by atoms with E-state index in [1.165, 1.54) is 47.0 Å². The summed E-state index contributed by atoms with van der Waals surface area (Å²) in [6.45, 7) is 5.64. The zero-order valence-corrected chi connectivity index (χ0v) is 18.1. The van der Waals surface area contributed by atoms with Gasteiger partial charge in [-0.2, -0.15) is 0 Å². The van der Waals surface area contributed by atoms with Crippen LogP contribution < -0.4 is 4.90 Å². The molecule has 0 spiro atoms. The molecule has 1 fully saturated rings. The maximum Gasteiger partial charge on any atom is 0.0733 e. The van der Waals surface area contributed by atoms with E-state index in [0.717, 1.165) is 43.7 Å². The number of fused-ring (bicyclic) bond motifs is 1. The quantitative estimate of drug-likeness (QED) is 0.529. The van der Waals surface area contributed by atoms with Crippen LogP contribution in [0.4, 0.5) is 5.69 Å². The molecule has 1 aliphatic heterocycles. The highest BCUT2D eigenvalue weighted by atomic mass is 15.1. The van der Waals surface area contributed by atoms with Crippen LogP contribution in [0.1, 0.15) is 37.3 Å². The summed E-state index contributed by atoms with van der Waals surface area (Å²) in [5, 5.41) is 1.29. The highest BCUT2D eigenvalue weighted by molar-refractivity contribution is 5.94. The van der Waals surface area contributed by atoms with E-state index in [2.05, 4.69) is 79.3 Å². The maximum atomic E-state index is 5.07. The molecule has 3 heteroatoms. The first-order chi connectivity index (χ1) is 14.1. The van der Waals surface area contributed by atoms with Crippen LogP contribution in [0.2, 0.25) is 0 Å². The second-order valence-corrected chi connectivity index (χ2v) is 8.53. The number of rotatable bonds is 7. The second-order valence-electron chi connectivity index (χ2n) is 8.53. The third-order valence-electron chi connectivity index (χ3n) is 6.03. The highest BCUT2D eigenvalue weighted by Gasteiger charge is 2.17. The second kappa shape index (κ2) is 8.96. The predicted molar refractivity (Wildman–Crippen MR) is 125 cm³/mol. The van der Waals surface area contributed by atoms with Crippen molar-refractivity contribution in [1.29, 1.82) is 0 Å². The van der Waals surface area contributed by atoms with Gasteiger partial charge in [-0.3, -0.25) is 0 Å². The van der Waals surface area contributed by atoms with E-state index in [9.17, 15) is 0 Å². The molecule has 1 aliphatic rings. The Kier molecular flexibility index (Phi) is 6.15. The first-order valence-electron chi connectivity index (χ1n) is 11.1. The van der Waals surface area contributed by atoms with Gasteiger partial charge in [0, 0.05) is 29.7 Å². The summed E-state index contributed by atoms with van der Waals surface area (Å²) in [5.74, 6) is 0. The van der Waals surface area contributed by atoms with E-state index in [0.29, 0.717) is 0 Å². The molecule has 3 aromatic rings. The zero-order valence-electron chi connectivity index (χ0n) is 18.1. The fourth-order valence-corrected chi connectivity index (χ4v) is 4.28. The number of nitrogens with zero attached hydrogens (tertiary/aromatic N) is 3. The molecule has 1 aromatic heterocycles. The Morgan fingerprint density at radius 3 is 2.34 bits per heavy atom. The first-order valence-corrected chi connectivity index (χ1v) is 11.1. The predicted octanol–water partition coefficient (Wildman–Crippen LogP) is 5.56. The van der Waals surface area contributed by atoms with Gasteiger partial charge in [-0.15, -0.1) is 0 Å². The van der Waals surface area contributed by atoms with E-state index in [1.807, 2.05) is 0 Å². The average Bonchev–Trinajstić information content (AvgIpc) is 3.27. The van der Waals surface area contributed by atoms with Crippen LogP contribution in [-0.4, -0.2) is 43.6 Å². The van der Waals surface area contributed by atoms with Crippen molar-refractivity contribution in [2.24, 2.45) is 0 Å². The third-order valence-corrected chi connectivity index (χ3v) is 6.03. The molecular formula is C26H33N3. The van der Waals surface area contributed by atoms with E-state index in [1.54, 1.807) is 0 Å². The normalized spacial score (nSPS) is 14.3. The molecule has 0 bridgehead atoms. The number of hydrogen-bond acceptors (Lipinski definition) is 3. The molecule has 0 radical (unpaired) electrons. The van der Waals surface area contributed by atoms with Gasteiger partial charge in [0.15, 0.2) is 0 Å². The monoisotopic (exact) mass is 387 g/mol. The van der Waals surface area contributed by atoms with E-state index >= 15 is 0 Å². The maximum absolute atomic E-state index is 5.07. The molecule has 4 rings (SSSR count). The number of hydrogen-bond donors (Lipinski definition) is 0. The number of aromatic nitrogens is 1. The van der Waals surface area contributed by atoms with Gasteiger partial charge in [-0.05, 0) is 76.0 Å². The first kappa shape index (κ1) is 19.9. The number of anilines is 1. The van der Waals surface area contributed by atoms with E-state index in [-0.39, 0.29) is 0 Å². The van der Waals surface area contributed by atoms with Crippen molar-refractivity contribution in [3.05, 3.63) is 59.7 Å². The van der Waals surface area contributed by atoms with Gasteiger partial charge < -0.3 is 9.80 Å². The van der Waals surface area contributed by atoms with Crippen LogP contribution in [0.25, 0.3) is 22.2 Å². The summed E-state index contributed by atoms with van der Waals surface area (Å²) in [5.41, 5.74) is 7.53. The zero-order chi connectivity index (χ0) is 20.2. The summed E-state index contributed by atoms with van der Waals surface area (Å²) in [7, 11) is 4.27.